The maximum atomic E-state index is 13.1. The zero-order valence-electron chi connectivity index (χ0n) is 11.9. The van der Waals surface area contributed by atoms with Crippen LogP contribution in [0.5, 0.6) is 0 Å². The Bertz CT molecular complexity index is 608. The van der Waals surface area contributed by atoms with Gasteiger partial charge in [0.2, 0.25) is 0 Å². The SMILES string of the molecule is Fc1cccc(CCNC2CC(c3cccc(Br)c3)C2)c1. The number of hydrogen-bond acceptors (Lipinski definition) is 1. The minimum atomic E-state index is -0.147. The minimum Gasteiger partial charge on any atom is -0.314 e. The Morgan fingerprint density at radius 2 is 1.90 bits per heavy atom. The van der Waals surface area contributed by atoms with Crippen molar-refractivity contribution in [2.45, 2.75) is 31.2 Å². The molecule has 1 saturated carbocycles. The van der Waals surface area contributed by atoms with Crippen LogP contribution in [0.3, 0.4) is 0 Å². The fourth-order valence-corrected chi connectivity index (χ4v) is 3.35. The predicted molar refractivity (Wildman–Crippen MR) is 88.0 cm³/mol. The predicted octanol–water partition coefficient (Wildman–Crippen LogP) is 4.67. The van der Waals surface area contributed by atoms with Crippen LogP contribution in [0.2, 0.25) is 0 Å². The highest BCUT2D eigenvalue weighted by molar-refractivity contribution is 9.10. The molecule has 0 heterocycles. The molecular weight excluding hydrogens is 329 g/mol. The number of benzene rings is 2. The van der Waals surface area contributed by atoms with Crippen LogP contribution in [-0.4, -0.2) is 12.6 Å². The second kappa shape index (κ2) is 6.71. The first kappa shape index (κ1) is 14.7. The van der Waals surface area contributed by atoms with Crippen LogP contribution < -0.4 is 5.32 Å². The van der Waals surface area contributed by atoms with Gasteiger partial charge in [0.25, 0.3) is 0 Å². The lowest BCUT2D eigenvalue weighted by atomic mass is 9.76. The van der Waals surface area contributed by atoms with E-state index in [4.69, 9.17) is 0 Å². The van der Waals surface area contributed by atoms with Crippen molar-refractivity contribution in [3.63, 3.8) is 0 Å². The third kappa shape index (κ3) is 3.92. The molecule has 110 valence electrons. The van der Waals surface area contributed by atoms with Gasteiger partial charge in [0.1, 0.15) is 5.82 Å². The summed E-state index contributed by atoms with van der Waals surface area (Å²) in [5.74, 6) is 0.528. The van der Waals surface area contributed by atoms with E-state index in [1.807, 2.05) is 6.07 Å². The lowest BCUT2D eigenvalue weighted by Gasteiger charge is -2.36. The summed E-state index contributed by atoms with van der Waals surface area (Å²) in [7, 11) is 0. The lowest BCUT2D eigenvalue weighted by molar-refractivity contribution is 0.292. The Kier molecular flexibility index (Phi) is 4.71. The van der Waals surface area contributed by atoms with Crippen molar-refractivity contribution in [3.05, 3.63) is 69.9 Å². The first-order valence-corrected chi connectivity index (χ1v) is 8.23. The van der Waals surface area contributed by atoms with E-state index < -0.39 is 0 Å². The zero-order chi connectivity index (χ0) is 14.7. The molecule has 0 bridgehead atoms. The Balaban J connectivity index is 1.41. The molecule has 0 spiro atoms. The zero-order valence-corrected chi connectivity index (χ0v) is 13.4. The largest absolute Gasteiger partial charge is 0.314 e. The molecule has 2 aromatic rings. The lowest BCUT2D eigenvalue weighted by Crippen LogP contribution is -2.40. The molecule has 0 aliphatic heterocycles. The summed E-state index contributed by atoms with van der Waals surface area (Å²) in [5.41, 5.74) is 2.48. The van der Waals surface area contributed by atoms with Gasteiger partial charge in [0.15, 0.2) is 0 Å². The van der Waals surface area contributed by atoms with Crippen molar-refractivity contribution in [2.75, 3.05) is 6.54 Å². The average Bonchev–Trinajstić information content (AvgIpc) is 2.41. The van der Waals surface area contributed by atoms with Crippen molar-refractivity contribution in [2.24, 2.45) is 0 Å². The molecule has 3 heteroatoms. The van der Waals surface area contributed by atoms with E-state index in [0.29, 0.717) is 12.0 Å². The summed E-state index contributed by atoms with van der Waals surface area (Å²) < 4.78 is 14.2. The van der Waals surface area contributed by atoms with Crippen LogP contribution in [0, 0.1) is 5.82 Å². The van der Waals surface area contributed by atoms with Gasteiger partial charge in [-0.3, -0.25) is 0 Å². The van der Waals surface area contributed by atoms with Crippen LogP contribution in [0.1, 0.15) is 29.9 Å². The van der Waals surface area contributed by atoms with Crippen LogP contribution in [-0.2, 0) is 6.42 Å². The van der Waals surface area contributed by atoms with E-state index in [9.17, 15) is 4.39 Å². The molecule has 0 atom stereocenters. The van der Waals surface area contributed by atoms with Gasteiger partial charge in [-0.25, -0.2) is 4.39 Å². The van der Waals surface area contributed by atoms with Gasteiger partial charge in [0.05, 0.1) is 0 Å². The molecule has 0 saturated heterocycles. The average molecular weight is 348 g/mol. The third-order valence-corrected chi connectivity index (χ3v) is 4.69. The van der Waals surface area contributed by atoms with Gasteiger partial charge in [-0.15, -0.1) is 0 Å². The Morgan fingerprint density at radius 3 is 2.67 bits per heavy atom. The van der Waals surface area contributed by atoms with E-state index in [1.54, 1.807) is 12.1 Å². The standard InChI is InChI=1S/C18H19BrFN/c19-16-5-2-4-14(10-16)15-11-18(12-15)21-8-7-13-3-1-6-17(20)9-13/h1-6,9-10,15,18,21H,7-8,11-12H2. The van der Waals surface area contributed by atoms with Crippen LogP contribution in [0.4, 0.5) is 4.39 Å². The highest BCUT2D eigenvalue weighted by Gasteiger charge is 2.29. The number of hydrogen-bond donors (Lipinski definition) is 1. The second-order valence-corrected chi connectivity index (χ2v) is 6.67. The highest BCUT2D eigenvalue weighted by Crippen LogP contribution is 2.37. The molecule has 1 nitrogen and oxygen atoms in total. The van der Waals surface area contributed by atoms with Crippen molar-refractivity contribution in [1.29, 1.82) is 0 Å². The topological polar surface area (TPSA) is 12.0 Å². The molecule has 0 amide bonds. The van der Waals surface area contributed by atoms with Gasteiger partial charge >= 0.3 is 0 Å². The van der Waals surface area contributed by atoms with Gasteiger partial charge in [-0.2, -0.15) is 0 Å². The maximum Gasteiger partial charge on any atom is 0.123 e. The summed E-state index contributed by atoms with van der Waals surface area (Å²) in [6.45, 7) is 0.916. The number of halogens is 2. The monoisotopic (exact) mass is 347 g/mol. The first-order chi connectivity index (χ1) is 10.2. The molecule has 1 N–H and O–H groups in total. The number of nitrogens with one attached hydrogen (secondary N) is 1. The molecule has 0 aromatic heterocycles. The van der Waals surface area contributed by atoms with E-state index in [-0.39, 0.29) is 5.82 Å². The molecular formula is C18H19BrFN. The molecule has 1 aliphatic carbocycles. The molecule has 21 heavy (non-hydrogen) atoms. The van der Waals surface area contributed by atoms with Gasteiger partial charge in [-0.1, -0.05) is 40.2 Å². The minimum absolute atomic E-state index is 0.147. The van der Waals surface area contributed by atoms with Crippen molar-refractivity contribution in [1.82, 2.24) is 5.32 Å². The van der Waals surface area contributed by atoms with Crippen molar-refractivity contribution >= 4 is 15.9 Å². The summed E-state index contributed by atoms with van der Waals surface area (Å²) in [6.07, 6.45) is 3.27. The first-order valence-electron chi connectivity index (χ1n) is 7.44. The highest BCUT2D eigenvalue weighted by atomic mass is 79.9. The number of rotatable bonds is 5. The normalized spacial score (nSPS) is 21.0. The van der Waals surface area contributed by atoms with Gasteiger partial charge in [-0.05, 0) is 67.1 Å². The van der Waals surface area contributed by atoms with Crippen LogP contribution in [0.15, 0.2) is 53.0 Å². The quantitative estimate of drug-likeness (QED) is 0.828. The fraction of sp³-hybridized carbons (Fsp3) is 0.333. The molecule has 2 aromatic carbocycles. The molecule has 0 unspecified atom stereocenters. The Hall–Kier alpha value is -1.19. The maximum absolute atomic E-state index is 13.1. The summed E-state index contributed by atoms with van der Waals surface area (Å²) in [6, 6.07) is 16.1. The van der Waals surface area contributed by atoms with E-state index in [2.05, 4.69) is 45.5 Å². The summed E-state index contributed by atoms with van der Waals surface area (Å²) in [4.78, 5) is 0. The Morgan fingerprint density at radius 1 is 1.10 bits per heavy atom. The van der Waals surface area contributed by atoms with Crippen LogP contribution >= 0.6 is 15.9 Å². The molecule has 1 fully saturated rings. The third-order valence-electron chi connectivity index (χ3n) is 4.19. The molecule has 3 rings (SSSR count). The van der Waals surface area contributed by atoms with E-state index in [1.165, 1.54) is 24.5 Å². The smallest absolute Gasteiger partial charge is 0.123 e. The summed E-state index contributed by atoms with van der Waals surface area (Å²) >= 11 is 3.53. The fourth-order valence-electron chi connectivity index (χ4n) is 2.93. The Labute approximate surface area is 133 Å². The second-order valence-electron chi connectivity index (χ2n) is 5.75. The van der Waals surface area contributed by atoms with Gasteiger partial charge in [0, 0.05) is 10.5 Å². The molecule has 1 aliphatic rings. The van der Waals surface area contributed by atoms with Crippen molar-refractivity contribution in [3.8, 4) is 0 Å². The van der Waals surface area contributed by atoms with Crippen LogP contribution in [0.25, 0.3) is 0 Å². The van der Waals surface area contributed by atoms with E-state index in [0.717, 1.165) is 23.0 Å². The molecule has 0 radical (unpaired) electrons. The summed E-state index contributed by atoms with van der Waals surface area (Å²) in [5, 5.41) is 3.57. The van der Waals surface area contributed by atoms with Crippen molar-refractivity contribution < 1.29 is 4.39 Å². The van der Waals surface area contributed by atoms with E-state index >= 15 is 0 Å². The van der Waals surface area contributed by atoms with Gasteiger partial charge < -0.3 is 5.32 Å².